The fraction of sp³-hybridized carbons (Fsp3) is 0.650. The summed E-state index contributed by atoms with van der Waals surface area (Å²) in [6.07, 6.45) is 4.81. The number of nitrogens with one attached hydrogen (secondary N) is 1. The third kappa shape index (κ3) is 3.29. The van der Waals surface area contributed by atoms with Crippen molar-refractivity contribution >= 4 is 17.5 Å². The van der Waals surface area contributed by atoms with E-state index in [2.05, 4.69) is 10.3 Å². The number of aromatic nitrogens is 1. The Morgan fingerprint density at radius 3 is 2.33 bits per heavy atom. The number of ether oxygens (including phenoxy) is 2. The van der Waals surface area contributed by atoms with Gasteiger partial charge < -0.3 is 19.7 Å². The zero-order chi connectivity index (χ0) is 19.1. The molecule has 4 rings (SSSR count). The van der Waals surface area contributed by atoms with E-state index in [0.717, 1.165) is 25.7 Å². The van der Waals surface area contributed by atoms with Crippen LogP contribution in [0.4, 0.5) is 5.69 Å². The lowest BCUT2D eigenvalue weighted by atomic mass is 9.83. The van der Waals surface area contributed by atoms with Gasteiger partial charge in [0.25, 0.3) is 0 Å². The molecule has 2 amide bonds. The van der Waals surface area contributed by atoms with Crippen LogP contribution in [-0.4, -0.2) is 54.1 Å². The third-order valence-electron chi connectivity index (χ3n) is 5.91. The average molecular weight is 373 g/mol. The molecule has 1 N–H and O–H groups in total. The van der Waals surface area contributed by atoms with Gasteiger partial charge in [-0.25, -0.2) is 4.98 Å². The summed E-state index contributed by atoms with van der Waals surface area (Å²) in [5, 5.41) is 2.98. The molecule has 7 nitrogen and oxygen atoms in total. The molecule has 146 valence electrons. The Hall–Kier alpha value is -2.15. The first-order valence-corrected chi connectivity index (χ1v) is 9.78. The van der Waals surface area contributed by atoms with Crippen LogP contribution in [-0.2, 0) is 14.3 Å². The van der Waals surface area contributed by atoms with Gasteiger partial charge in [-0.05, 0) is 45.6 Å². The van der Waals surface area contributed by atoms with E-state index in [0.29, 0.717) is 37.9 Å². The van der Waals surface area contributed by atoms with Crippen LogP contribution in [0.15, 0.2) is 18.3 Å². The highest BCUT2D eigenvalue weighted by atomic mass is 16.5. The maximum atomic E-state index is 13.1. The number of hydrogen-bond acceptors (Lipinski definition) is 5. The van der Waals surface area contributed by atoms with Gasteiger partial charge in [-0.2, -0.15) is 0 Å². The molecule has 0 atom stereocenters. The second-order valence-corrected chi connectivity index (χ2v) is 8.07. The molecule has 2 saturated carbocycles. The highest BCUT2D eigenvalue weighted by Gasteiger charge is 2.73. The Morgan fingerprint density at radius 1 is 1.15 bits per heavy atom. The summed E-state index contributed by atoms with van der Waals surface area (Å²) in [7, 11) is 0. The Kier molecular flexibility index (Phi) is 4.58. The standard InChI is InChI=1S/C20H27N3O4/c1-14(2)27-16-4-3-15(13-21-16)22-17(24)19(5-6-19)20(7-8-20)18(25)23-9-11-26-12-10-23/h3-4,13-14H,5-12H2,1-2H3,(H,22,24). The van der Waals surface area contributed by atoms with E-state index >= 15 is 0 Å². The molecule has 27 heavy (non-hydrogen) atoms. The summed E-state index contributed by atoms with van der Waals surface area (Å²) < 4.78 is 10.9. The van der Waals surface area contributed by atoms with Gasteiger partial charge in [0, 0.05) is 19.2 Å². The van der Waals surface area contributed by atoms with Crippen molar-refractivity contribution in [3.8, 4) is 5.88 Å². The van der Waals surface area contributed by atoms with Gasteiger partial charge in [-0.15, -0.1) is 0 Å². The van der Waals surface area contributed by atoms with Crippen molar-refractivity contribution in [2.24, 2.45) is 10.8 Å². The molecule has 3 fully saturated rings. The minimum Gasteiger partial charge on any atom is -0.475 e. The van der Waals surface area contributed by atoms with Crippen molar-refractivity contribution in [2.75, 3.05) is 31.6 Å². The fourth-order valence-corrected chi connectivity index (χ4v) is 4.16. The molecule has 0 radical (unpaired) electrons. The first-order chi connectivity index (χ1) is 13.0. The monoisotopic (exact) mass is 373 g/mol. The van der Waals surface area contributed by atoms with Gasteiger partial charge in [-0.3, -0.25) is 9.59 Å². The van der Waals surface area contributed by atoms with Crippen LogP contribution in [0.25, 0.3) is 0 Å². The summed E-state index contributed by atoms with van der Waals surface area (Å²) >= 11 is 0. The van der Waals surface area contributed by atoms with Gasteiger partial charge in [-0.1, -0.05) is 0 Å². The van der Waals surface area contributed by atoms with Gasteiger partial charge in [0.2, 0.25) is 17.7 Å². The number of carbonyl (C=O) groups is 2. The summed E-state index contributed by atoms with van der Waals surface area (Å²) in [5.41, 5.74) is -0.435. The second-order valence-electron chi connectivity index (χ2n) is 8.07. The number of hydrogen-bond donors (Lipinski definition) is 1. The Bertz CT molecular complexity index is 717. The molecule has 0 aromatic carbocycles. The van der Waals surface area contributed by atoms with Crippen molar-refractivity contribution in [2.45, 2.75) is 45.6 Å². The molecule has 2 heterocycles. The van der Waals surface area contributed by atoms with E-state index in [1.54, 1.807) is 18.3 Å². The average Bonchev–Trinajstić information content (AvgIpc) is 3.55. The van der Waals surface area contributed by atoms with E-state index in [-0.39, 0.29) is 17.9 Å². The minimum absolute atomic E-state index is 0.0496. The molecule has 1 saturated heterocycles. The molecule has 1 aromatic rings. The normalized spacial score (nSPS) is 22.3. The second kappa shape index (κ2) is 6.78. The van der Waals surface area contributed by atoms with Crippen molar-refractivity contribution < 1.29 is 19.1 Å². The molecule has 0 unspecified atom stereocenters. The number of anilines is 1. The predicted molar refractivity (Wildman–Crippen MR) is 99.4 cm³/mol. The number of amides is 2. The molecule has 7 heteroatoms. The first-order valence-electron chi connectivity index (χ1n) is 9.78. The van der Waals surface area contributed by atoms with Crippen LogP contribution in [0.5, 0.6) is 5.88 Å². The van der Waals surface area contributed by atoms with Gasteiger partial charge in [0.05, 0.1) is 42.0 Å². The highest BCUT2D eigenvalue weighted by Crippen LogP contribution is 2.71. The molecule has 2 aliphatic carbocycles. The molecular weight excluding hydrogens is 346 g/mol. The van der Waals surface area contributed by atoms with Crippen LogP contribution >= 0.6 is 0 Å². The van der Waals surface area contributed by atoms with Crippen LogP contribution < -0.4 is 10.1 Å². The van der Waals surface area contributed by atoms with Crippen molar-refractivity contribution in [1.29, 1.82) is 0 Å². The van der Waals surface area contributed by atoms with E-state index < -0.39 is 10.8 Å². The Balaban J connectivity index is 1.44. The predicted octanol–water partition coefficient (Wildman–Crippen LogP) is 2.23. The molecular formula is C20H27N3O4. The quantitative estimate of drug-likeness (QED) is 0.827. The molecule has 1 aromatic heterocycles. The van der Waals surface area contributed by atoms with E-state index in [1.165, 1.54) is 0 Å². The summed E-state index contributed by atoms with van der Waals surface area (Å²) in [6, 6.07) is 3.54. The van der Waals surface area contributed by atoms with Crippen LogP contribution in [0.1, 0.15) is 39.5 Å². The minimum atomic E-state index is -0.560. The lowest BCUT2D eigenvalue weighted by Gasteiger charge is -2.33. The van der Waals surface area contributed by atoms with Crippen molar-refractivity contribution in [3.05, 3.63) is 18.3 Å². The number of nitrogens with zero attached hydrogens (tertiary/aromatic N) is 2. The number of pyridine rings is 1. The number of rotatable bonds is 6. The van der Waals surface area contributed by atoms with Crippen LogP contribution in [0.2, 0.25) is 0 Å². The Labute approximate surface area is 159 Å². The molecule has 0 bridgehead atoms. The number of morpholine rings is 1. The molecule has 0 spiro atoms. The van der Waals surface area contributed by atoms with Crippen molar-refractivity contribution in [1.82, 2.24) is 9.88 Å². The molecule has 1 aliphatic heterocycles. The van der Waals surface area contributed by atoms with Crippen LogP contribution in [0.3, 0.4) is 0 Å². The van der Waals surface area contributed by atoms with Gasteiger partial charge in [0.1, 0.15) is 0 Å². The number of carbonyl (C=O) groups excluding carboxylic acids is 2. The van der Waals surface area contributed by atoms with Crippen molar-refractivity contribution in [3.63, 3.8) is 0 Å². The zero-order valence-corrected chi connectivity index (χ0v) is 16.0. The fourth-order valence-electron chi connectivity index (χ4n) is 4.16. The van der Waals surface area contributed by atoms with E-state index in [4.69, 9.17) is 9.47 Å². The lowest BCUT2D eigenvalue weighted by Crippen LogP contribution is -2.49. The van der Waals surface area contributed by atoms with Crippen LogP contribution in [0, 0.1) is 10.8 Å². The lowest BCUT2D eigenvalue weighted by molar-refractivity contribution is -0.147. The topological polar surface area (TPSA) is 80.8 Å². The summed E-state index contributed by atoms with van der Waals surface area (Å²) in [5.74, 6) is 0.614. The summed E-state index contributed by atoms with van der Waals surface area (Å²) in [6.45, 7) is 6.29. The molecule has 3 aliphatic rings. The zero-order valence-electron chi connectivity index (χ0n) is 16.0. The maximum absolute atomic E-state index is 13.1. The van der Waals surface area contributed by atoms with Gasteiger partial charge >= 0.3 is 0 Å². The third-order valence-corrected chi connectivity index (χ3v) is 5.91. The smallest absolute Gasteiger partial charge is 0.231 e. The first kappa shape index (κ1) is 18.2. The largest absolute Gasteiger partial charge is 0.475 e. The summed E-state index contributed by atoms with van der Waals surface area (Å²) in [4.78, 5) is 32.3. The Morgan fingerprint density at radius 2 is 1.81 bits per heavy atom. The maximum Gasteiger partial charge on any atom is 0.231 e. The highest BCUT2D eigenvalue weighted by molar-refractivity contribution is 6.03. The van der Waals surface area contributed by atoms with E-state index in [9.17, 15) is 9.59 Å². The SMILES string of the molecule is CC(C)Oc1ccc(NC(=O)C2(C3(C(=O)N4CCOCC4)CC3)CC2)cn1. The van der Waals surface area contributed by atoms with E-state index in [1.807, 2.05) is 18.7 Å². The van der Waals surface area contributed by atoms with Gasteiger partial charge in [0.15, 0.2) is 0 Å².